The molecule has 0 saturated heterocycles. The van der Waals surface area contributed by atoms with Gasteiger partial charge in [-0.25, -0.2) is 9.52 Å². The summed E-state index contributed by atoms with van der Waals surface area (Å²) in [4.78, 5) is 10.8. The van der Waals surface area contributed by atoms with Crippen molar-refractivity contribution in [1.82, 2.24) is 9.44 Å². The van der Waals surface area contributed by atoms with Crippen LogP contribution in [0.4, 0.5) is 4.79 Å². The van der Waals surface area contributed by atoms with Crippen LogP contribution in [0.25, 0.3) is 0 Å². The van der Waals surface area contributed by atoms with Gasteiger partial charge in [0.15, 0.2) is 0 Å². The quantitative estimate of drug-likeness (QED) is 0.620. The fraction of sp³-hybridized carbons (Fsp3) is 0.875. The topological polar surface area (TPSA) is 111 Å². The Kier molecular flexibility index (Phi) is 4.11. The molecule has 1 fully saturated rings. The first kappa shape index (κ1) is 13.2. The fourth-order valence-corrected chi connectivity index (χ4v) is 3.07. The first-order valence-electron chi connectivity index (χ1n) is 5.03. The van der Waals surface area contributed by atoms with E-state index in [0.717, 1.165) is 20.0 Å². The van der Waals surface area contributed by atoms with Crippen LogP contribution in [0.3, 0.4) is 0 Å². The summed E-state index contributed by atoms with van der Waals surface area (Å²) in [6, 6.07) is 0. The Morgan fingerprint density at radius 1 is 1.44 bits per heavy atom. The minimum Gasteiger partial charge on any atom is -0.452 e. The van der Waals surface area contributed by atoms with Crippen molar-refractivity contribution in [2.45, 2.75) is 31.2 Å². The number of nitrogens with two attached hydrogens (primary N) is 1. The van der Waals surface area contributed by atoms with Crippen molar-refractivity contribution in [2.75, 3.05) is 13.7 Å². The second-order valence-electron chi connectivity index (χ2n) is 3.89. The summed E-state index contributed by atoms with van der Waals surface area (Å²) in [7, 11) is -2.81. The molecule has 0 aromatic rings. The number of amides is 1. The summed E-state index contributed by atoms with van der Waals surface area (Å²) in [6.07, 6.45) is 2.21. The summed E-state index contributed by atoms with van der Waals surface area (Å²) in [6.45, 7) is 0.217. The zero-order valence-electron chi connectivity index (χ0n) is 9.15. The predicted molar refractivity (Wildman–Crippen MR) is 57.8 cm³/mol. The smallest absolute Gasteiger partial charge is 0.421 e. The third-order valence-electron chi connectivity index (χ3n) is 2.71. The van der Waals surface area contributed by atoms with Gasteiger partial charge in [0.1, 0.15) is 0 Å². The summed E-state index contributed by atoms with van der Waals surface area (Å²) < 4.78 is 31.5. The lowest BCUT2D eigenvalue weighted by Crippen LogP contribution is -2.55. The number of nitrogens with one attached hydrogen (secondary N) is 2. The van der Waals surface area contributed by atoms with E-state index in [2.05, 4.69) is 9.46 Å². The Morgan fingerprint density at radius 3 is 2.44 bits per heavy atom. The highest BCUT2D eigenvalue weighted by atomic mass is 32.2. The summed E-state index contributed by atoms with van der Waals surface area (Å²) in [5, 5.41) is 0. The number of ether oxygens (including phenoxy) is 1. The number of hydrogen-bond acceptors (Lipinski definition) is 5. The molecule has 94 valence electrons. The molecule has 1 aliphatic rings. The number of rotatable bonds is 4. The second-order valence-corrected chi connectivity index (χ2v) is 5.31. The molecule has 0 heterocycles. The molecule has 0 unspecified atom stereocenters. The number of carbonyl (C=O) groups excluding carboxylic acids is 1. The largest absolute Gasteiger partial charge is 0.452 e. The summed E-state index contributed by atoms with van der Waals surface area (Å²) >= 11 is 0. The summed E-state index contributed by atoms with van der Waals surface area (Å²) in [5.41, 5.74) is 4.94. The molecule has 1 aliphatic carbocycles. The first-order chi connectivity index (χ1) is 7.43. The van der Waals surface area contributed by atoms with E-state index in [4.69, 9.17) is 5.73 Å². The molecule has 0 aromatic carbocycles. The average Bonchev–Trinajstić information content (AvgIpc) is 2.65. The SMILES string of the molecule is COC(=O)NS(=O)(=O)NC1(CN)CCCC1. The maximum absolute atomic E-state index is 11.5. The van der Waals surface area contributed by atoms with Crippen molar-refractivity contribution in [1.29, 1.82) is 0 Å². The molecular formula is C8H17N3O4S. The molecule has 7 nitrogen and oxygen atoms in total. The van der Waals surface area contributed by atoms with Gasteiger partial charge < -0.3 is 10.5 Å². The van der Waals surface area contributed by atoms with Gasteiger partial charge in [0, 0.05) is 12.1 Å². The van der Waals surface area contributed by atoms with E-state index in [1.165, 1.54) is 0 Å². The molecule has 16 heavy (non-hydrogen) atoms. The van der Waals surface area contributed by atoms with E-state index in [9.17, 15) is 13.2 Å². The van der Waals surface area contributed by atoms with Crippen LogP contribution in [-0.2, 0) is 14.9 Å². The van der Waals surface area contributed by atoms with Gasteiger partial charge in [-0.05, 0) is 12.8 Å². The van der Waals surface area contributed by atoms with E-state index in [1.807, 2.05) is 0 Å². The molecule has 0 spiro atoms. The molecule has 0 aliphatic heterocycles. The maximum Gasteiger partial charge on any atom is 0.421 e. The van der Waals surface area contributed by atoms with Gasteiger partial charge >= 0.3 is 16.3 Å². The average molecular weight is 251 g/mol. The van der Waals surface area contributed by atoms with Crippen LogP contribution in [0.15, 0.2) is 0 Å². The lowest BCUT2D eigenvalue weighted by atomic mass is 10.0. The van der Waals surface area contributed by atoms with Crippen LogP contribution < -0.4 is 15.2 Å². The van der Waals surface area contributed by atoms with E-state index < -0.39 is 21.8 Å². The van der Waals surface area contributed by atoms with Gasteiger partial charge in [-0.2, -0.15) is 13.1 Å². The van der Waals surface area contributed by atoms with Gasteiger partial charge in [-0.1, -0.05) is 12.8 Å². The lowest BCUT2D eigenvalue weighted by molar-refractivity contribution is 0.177. The van der Waals surface area contributed by atoms with Gasteiger partial charge in [0.25, 0.3) is 0 Å². The molecule has 0 bridgehead atoms. The number of hydrogen-bond donors (Lipinski definition) is 3. The molecule has 0 radical (unpaired) electrons. The van der Waals surface area contributed by atoms with Crippen molar-refractivity contribution >= 4 is 16.3 Å². The first-order valence-corrected chi connectivity index (χ1v) is 6.51. The monoisotopic (exact) mass is 251 g/mol. The van der Waals surface area contributed by atoms with Crippen LogP contribution in [-0.4, -0.2) is 33.7 Å². The van der Waals surface area contributed by atoms with Crippen molar-refractivity contribution < 1.29 is 17.9 Å². The van der Waals surface area contributed by atoms with Gasteiger partial charge in [-0.15, -0.1) is 0 Å². The Bertz CT molecular complexity index is 348. The van der Waals surface area contributed by atoms with Crippen molar-refractivity contribution in [3.8, 4) is 0 Å². The van der Waals surface area contributed by atoms with E-state index in [1.54, 1.807) is 4.72 Å². The van der Waals surface area contributed by atoms with Crippen molar-refractivity contribution in [3.63, 3.8) is 0 Å². The normalized spacial score (nSPS) is 19.4. The van der Waals surface area contributed by atoms with E-state index in [0.29, 0.717) is 12.8 Å². The third kappa shape index (κ3) is 3.32. The Balaban J connectivity index is 2.67. The molecular weight excluding hydrogens is 234 g/mol. The lowest BCUT2D eigenvalue weighted by Gasteiger charge is -2.27. The zero-order valence-corrected chi connectivity index (χ0v) is 9.97. The predicted octanol–water partition coefficient (Wildman–Crippen LogP) is -0.552. The highest BCUT2D eigenvalue weighted by Gasteiger charge is 2.36. The van der Waals surface area contributed by atoms with Gasteiger partial charge in [0.05, 0.1) is 7.11 Å². The highest BCUT2D eigenvalue weighted by Crippen LogP contribution is 2.28. The Labute approximate surface area is 94.9 Å². The molecule has 4 N–H and O–H groups in total. The van der Waals surface area contributed by atoms with Gasteiger partial charge in [-0.3, -0.25) is 0 Å². The van der Waals surface area contributed by atoms with Gasteiger partial charge in [0.2, 0.25) is 0 Å². The molecule has 1 rings (SSSR count). The molecule has 0 aromatic heterocycles. The van der Waals surface area contributed by atoms with Crippen LogP contribution in [0.1, 0.15) is 25.7 Å². The van der Waals surface area contributed by atoms with E-state index in [-0.39, 0.29) is 6.54 Å². The maximum atomic E-state index is 11.5. The summed E-state index contributed by atoms with van der Waals surface area (Å²) in [5.74, 6) is 0. The zero-order chi connectivity index (χ0) is 12.2. The van der Waals surface area contributed by atoms with Crippen LogP contribution in [0, 0.1) is 0 Å². The molecule has 1 saturated carbocycles. The van der Waals surface area contributed by atoms with Crippen LogP contribution in [0.5, 0.6) is 0 Å². The van der Waals surface area contributed by atoms with Crippen molar-refractivity contribution in [2.24, 2.45) is 5.73 Å². The van der Waals surface area contributed by atoms with E-state index >= 15 is 0 Å². The minimum atomic E-state index is -3.90. The minimum absolute atomic E-state index is 0.217. The molecule has 8 heteroatoms. The highest BCUT2D eigenvalue weighted by molar-refractivity contribution is 7.88. The fourth-order valence-electron chi connectivity index (χ4n) is 1.86. The Hall–Kier alpha value is -0.860. The third-order valence-corrected chi connectivity index (χ3v) is 3.84. The van der Waals surface area contributed by atoms with Crippen LogP contribution in [0.2, 0.25) is 0 Å². The van der Waals surface area contributed by atoms with Crippen molar-refractivity contribution in [3.05, 3.63) is 0 Å². The number of carbonyl (C=O) groups is 1. The molecule has 0 atom stereocenters. The van der Waals surface area contributed by atoms with Crippen LogP contribution >= 0.6 is 0 Å². The Morgan fingerprint density at radius 2 is 2.00 bits per heavy atom. The number of methoxy groups -OCH3 is 1. The standard InChI is InChI=1S/C8H17N3O4S/c1-15-7(12)10-16(13,14)11-8(6-9)4-2-3-5-8/h11H,2-6,9H2,1H3,(H,10,12). The second kappa shape index (κ2) is 4.98. The molecule has 1 amide bonds.